The number of nitrogen functional groups attached to an aromatic ring is 1. The van der Waals surface area contributed by atoms with E-state index in [-0.39, 0.29) is 5.75 Å². The van der Waals surface area contributed by atoms with E-state index < -0.39 is 5.97 Å². The van der Waals surface area contributed by atoms with Crippen molar-refractivity contribution in [2.75, 3.05) is 5.73 Å². The Morgan fingerprint density at radius 2 is 2.15 bits per heavy atom. The molecule has 0 bridgehead atoms. The standard InChI is InChI=1S/C9H9NO3/c10-7-2-3-8(11)6(5-7)1-4-9(12)13/h1-5,11H,10H2,(H,12,13)/b4-1+. The second-order valence-electron chi connectivity index (χ2n) is 2.49. The maximum atomic E-state index is 10.2. The van der Waals surface area contributed by atoms with Crippen molar-refractivity contribution in [1.29, 1.82) is 0 Å². The van der Waals surface area contributed by atoms with Crippen LogP contribution in [-0.2, 0) is 4.79 Å². The van der Waals surface area contributed by atoms with Gasteiger partial charge in [-0.1, -0.05) is 0 Å². The zero-order chi connectivity index (χ0) is 9.84. The molecule has 13 heavy (non-hydrogen) atoms. The number of anilines is 1. The molecule has 0 saturated carbocycles. The van der Waals surface area contributed by atoms with Gasteiger partial charge in [0.1, 0.15) is 5.75 Å². The third-order valence-corrected chi connectivity index (χ3v) is 1.46. The van der Waals surface area contributed by atoms with Gasteiger partial charge in [-0.25, -0.2) is 4.79 Å². The van der Waals surface area contributed by atoms with Gasteiger partial charge in [0, 0.05) is 17.3 Å². The number of hydrogen-bond donors (Lipinski definition) is 3. The van der Waals surface area contributed by atoms with E-state index in [4.69, 9.17) is 10.8 Å². The molecule has 1 rings (SSSR count). The molecule has 0 heterocycles. The quantitative estimate of drug-likeness (QED) is 0.360. The molecule has 0 unspecified atom stereocenters. The van der Waals surface area contributed by atoms with Crippen LogP contribution in [0.3, 0.4) is 0 Å². The second-order valence-corrected chi connectivity index (χ2v) is 2.49. The number of phenols is 1. The molecule has 4 N–H and O–H groups in total. The summed E-state index contributed by atoms with van der Waals surface area (Å²) in [4.78, 5) is 10.2. The van der Waals surface area contributed by atoms with Crippen molar-refractivity contribution in [3.8, 4) is 5.75 Å². The predicted octanol–water partition coefficient (Wildman–Crippen LogP) is 1.07. The smallest absolute Gasteiger partial charge is 0.328 e. The summed E-state index contributed by atoms with van der Waals surface area (Å²) in [7, 11) is 0. The molecule has 0 amide bonds. The molecule has 0 atom stereocenters. The number of phenolic OH excluding ortho intramolecular Hbond substituents is 1. The molecule has 0 aliphatic carbocycles. The fourth-order valence-corrected chi connectivity index (χ4v) is 0.868. The number of carbonyl (C=O) groups is 1. The largest absolute Gasteiger partial charge is 0.507 e. The number of benzene rings is 1. The molecule has 0 aromatic heterocycles. The lowest BCUT2D eigenvalue weighted by atomic mass is 10.1. The van der Waals surface area contributed by atoms with Crippen LogP contribution in [0.5, 0.6) is 5.75 Å². The molecule has 0 aliphatic rings. The summed E-state index contributed by atoms with van der Waals surface area (Å²) in [6.45, 7) is 0. The van der Waals surface area contributed by atoms with E-state index in [1.807, 2.05) is 0 Å². The highest BCUT2D eigenvalue weighted by molar-refractivity contribution is 5.86. The molecule has 0 aliphatic heterocycles. The summed E-state index contributed by atoms with van der Waals surface area (Å²) in [5.41, 5.74) is 6.31. The van der Waals surface area contributed by atoms with Crippen LogP contribution in [0.15, 0.2) is 24.3 Å². The molecule has 4 nitrogen and oxygen atoms in total. The first kappa shape index (κ1) is 9.12. The van der Waals surface area contributed by atoms with Gasteiger partial charge >= 0.3 is 5.97 Å². The summed E-state index contributed by atoms with van der Waals surface area (Å²) in [5, 5.41) is 17.6. The number of carboxylic acid groups (broad SMARTS) is 1. The highest BCUT2D eigenvalue weighted by atomic mass is 16.4. The van der Waals surface area contributed by atoms with Crippen LogP contribution in [0.4, 0.5) is 5.69 Å². The molecule has 0 saturated heterocycles. The molecule has 0 spiro atoms. The topological polar surface area (TPSA) is 83.5 Å². The van der Waals surface area contributed by atoms with E-state index in [0.717, 1.165) is 6.08 Å². The van der Waals surface area contributed by atoms with Gasteiger partial charge in [-0.2, -0.15) is 0 Å². The van der Waals surface area contributed by atoms with Gasteiger partial charge in [0.15, 0.2) is 0 Å². The third-order valence-electron chi connectivity index (χ3n) is 1.46. The first-order chi connectivity index (χ1) is 6.09. The van der Waals surface area contributed by atoms with E-state index in [1.54, 1.807) is 0 Å². The Balaban J connectivity index is 3.00. The van der Waals surface area contributed by atoms with Gasteiger partial charge in [-0.3, -0.25) is 0 Å². The van der Waals surface area contributed by atoms with Gasteiger partial charge in [-0.05, 0) is 24.3 Å². The monoisotopic (exact) mass is 179 g/mol. The Hall–Kier alpha value is -1.97. The lowest BCUT2D eigenvalue weighted by Gasteiger charge is -1.99. The van der Waals surface area contributed by atoms with E-state index in [0.29, 0.717) is 11.3 Å². The van der Waals surface area contributed by atoms with E-state index in [1.165, 1.54) is 24.3 Å². The lowest BCUT2D eigenvalue weighted by molar-refractivity contribution is -0.131. The lowest BCUT2D eigenvalue weighted by Crippen LogP contribution is -1.88. The van der Waals surface area contributed by atoms with Crippen molar-refractivity contribution in [2.45, 2.75) is 0 Å². The van der Waals surface area contributed by atoms with Gasteiger partial charge in [0.05, 0.1) is 0 Å². The Morgan fingerprint density at radius 1 is 1.46 bits per heavy atom. The fraction of sp³-hybridized carbons (Fsp3) is 0. The summed E-state index contributed by atoms with van der Waals surface area (Å²) in [6, 6.07) is 4.44. The third kappa shape index (κ3) is 2.52. The molecule has 0 radical (unpaired) electrons. The van der Waals surface area contributed by atoms with Crippen LogP contribution in [0.1, 0.15) is 5.56 Å². The number of nitrogens with two attached hydrogens (primary N) is 1. The molecule has 1 aromatic rings. The van der Waals surface area contributed by atoms with Crippen LogP contribution in [0, 0.1) is 0 Å². The first-order valence-corrected chi connectivity index (χ1v) is 3.59. The van der Waals surface area contributed by atoms with Crippen molar-refractivity contribution < 1.29 is 15.0 Å². The molecular formula is C9H9NO3. The Labute approximate surface area is 74.9 Å². The van der Waals surface area contributed by atoms with Gasteiger partial charge in [-0.15, -0.1) is 0 Å². The Kier molecular flexibility index (Phi) is 2.54. The highest BCUT2D eigenvalue weighted by Gasteiger charge is 1.97. The minimum atomic E-state index is -1.07. The van der Waals surface area contributed by atoms with Crippen LogP contribution in [0.2, 0.25) is 0 Å². The number of aliphatic carboxylic acids is 1. The minimum absolute atomic E-state index is 0.00620. The number of carboxylic acids is 1. The summed E-state index contributed by atoms with van der Waals surface area (Å²) >= 11 is 0. The SMILES string of the molecule is Nc1ccc(O)c(/C=C/C(=O)O)c1. The van der Waals surface area contributed by atoms with Crippen LogP contribution >= 0.6 is 0 Å². The highest BCUT2D eigenvalue weighted by Crippen LogP contribution is 2.20. The van der Waals surface area contributed by atoms with E-state index in [9.17, 15) is 9.90 Å². The van der Waals surface area contributed by atoms with Crippen molar-refractivity contribution in [1.82, 2.24) is 0 Å². The summed E-state index contributed by atoms with van der Waals surface area (Å²) in [5.74, 6) is -1.06. The van der Waals surface area contributed by atoms with Crippen LogP contribution < -0.4 is 5.73 Å². The Morgan fingerprint density at radius 3 is 2.77 bits per heavy atom. The zero-order valence-electron chi connectivity index (χ0n) is 6.77. The van der Waals surface area contributed by atoms with Crippen molar-refractivity contribution >= 4 is 17.7 Å². The van der Waals surface area contributed by atoms with Crippen molar-refractivity contribution in [3.63, 3.8) is 0 Å². The van der Waals surface area contributed by atoms with Crippen LogP contribution in [-0.4, -0.2) is 16.2 Å². The second kappa shape index (κ2) is 3.62. The summed E-state index contributed by atoms with van der Waals surface area (Å²) in [6.07, 6.45) is 2.22. The number of aromatic hydroxyl groups is 1. The first-order valence-electron chi connectivity index (χ1n) is 3.59. The van der Waals surface area contributed by atoms with Crippen molar-refractivity contribution in [3.05, 3.63) is 29.8 Å². The van der Waals surface area contributed by atoms with Gasteiger partial charge in [0.25, 0.3) is 0 Å². The number of hydrogen-bond acceptors (Lipinski definition) is 3. The predicted molar refractivity (Wildman–Crippen MR) is 49.2 cm³/mol. The molecule has 4 heteroatoms. The summed E-state index contributed by atoms with van der Waals surface area (Å²) < 4.78 is 0. The molecular weight excluding hydrogens is 170 g/mol. The maximum absolute atomic E-state index is 10.2. The van der Waals surface area contributed by atoms with Crippen LogP contribution in [0.25, 0.3) is 6.08 Å². The van der Waals surface area contributed by atoms with Gasteiger partial charge in [0.2, 0.25) is 0 Å². The zero-order valence-corrected chi connectivity index (χ0v) is 6.77. The normalized spacial score (nSPS) is 10.5. The van der Waals surface area contributed by atoms with Crippen molar-refractivity contribution in [2.24, 2.45) is 0 Å². The Bertz CT molecular complexity index is 358. The maximum Gasteiger partial charge on any atom is 0.328 e. The van der Waals surface area contributed by atoms with E-state index in [2.05, 4.69) is 0 Å². The minimum Gasteiger partial charge on any atom is -0.507 e. The average molecular weight is 179 g/mol. The molecule has 1 aromatic carbocycles. The van der Waals surface area contributed by atoms with E-state index >= 15 is 0 Å². The average Bonchev–Trinajstić information content (AvgIpc) is 2.06. The van der Waals surface area contributed by atoms with Gasteiger partial charge < -0.3 is 15.9 Å². The molecule has 68 valence electrons. The number of rotatable bonds is 2. The fourth-order valence-electron chi connectivity index (χ4n) is 0.868. The molecule has 0 fully saturated rings.